The van der Waals surface area contributed by atoms with Crippen LogP contribution in [0.5, 0.6) is 0 Å². The van der Waals surface area contributed by atoms with E-state index in [9.17, 15) is 0 Å². The number of piperidine rings is 1. The predicted octanol–water partition coefficient (Wildman–Crippen LogP) is 0.418. The van der Waals surface area contributed by atoms with E-state index in [2.05, 4.69) is 21.2 Å². The van der Waals surface area contributed by atoms with Crippen LogP contribution in [-0.2, 0) is 0 Å². The molecule has 1 aliphatic rings. The van der Waals surface area contributed by atoms with Gasteiger partial charge in [-0.25, -0.2) is 0 Å². The van der Waals surface area contributed by atoms with Gasteiger partial charge in [0.05, 0.1) is 6.17 Å². The number of alkyl halides is 1. The molecule has 0 aromatic heterocycles. The Labute approximate surface area is 58.0 Å². The van der Waals surface area contributed by atoms with Gasteiger partial charge >= 0.3 is 0 Å². The van der Waals surface area contributed by atoms with Gasteiger partial charge in [0, 0.05) is 4.83 Å². The van der Waals surface area contributed by atoms with Crippen molar-refractivity contribution in [2.45, 2.75) is 23.8 Å². The molecule has 1 fully saturated rings. The fourth-order valence-corrected chi connectivity index (χ4v) is 1.53. The monoisotopic (exact) mass is 178 g/mol. The molecule has 0 saturated carbocycles. The molecule has 3 N–H and O–H groups in total. The Morgan fingerprint density at radius 3 is 2.75 bits per heavy atom. The summed E-state index contributed by atoms with van der Waals surface area (Å²) in [5.41, 5.74) is 5.58. The molecule has 1 rings (SSSR count). The standard InChI is InChI=1S/C5H11BrN2/c6-4-1-2-8-5(7)3-4/h4-5,8H,1-3,7H2. The molecule has 48 valence electrons. The number of hydrogen-bond donors (Lipinski definition) is 2. The molecule has 3 heteroatoms. The van der Waals surface area contributed by atoms with Crippen molar-refractivity contribution < 1.29 is 0 Å². The van der Waals surface area contributed by atoms with E-state index in [1.807, 2.05) is 0 Å². The van der Waals surface area contributed by atoms with E-state index in [0.717, 1.165) is 13.0 Å². The van der Waals surface area contributed by atoms with Gasteiger partial charge in [0.2, 0.25) is 0 Å². The first kappa shape index (κ1) is 6.52. The first-order valence-electron chi connectivity index (χ1n) is 2.92. The maximum atomic E-state index is 5.58. The molecule has 0 aromatic rings. The molecule has 1 aliphatic heterocycles. The number of nitrogens with two attached hydrogens (primary N) is 1. The Kier molecular flexibility index (Phi) is 2.28. The van der Waals surface area contributed by atoms with Gasteiger partial charge in [-0.1, -0.05) is 15.9 Å². The highest BCUT2D eigenvalue weighted by atomic mass is 79.9. The zero-order valence-corrected chi connectivity index (χ0v) is 6.32. The zero-order valence-electron chi connectivity index (χ0n) is 4.73. The molecule has 0 bridgehead atoms. The molecular weight excluding hydrogens is 168 g/mol. The van der Waals surface area contributed by atoms with Crippen molar-refractivity contribution in [1.82, 2.24) is 5.32 Å². The van der Waals surface area contributed by atoms with Crippen LogP contribution in [0.2, 0.25) is 0 Å². The summed E-state index contributed by atoms with van der Waals surface area (Å²) in [5.74, 6) is 0. The Balaban J connectivity index is 2.23. The summed E-state index contributed by atoms with van der Waals surface area (Å²) in [6.07, 6.45) is 2.47. The molecule has 0 aromatic carbocycles. The minimum Gasteiger partial charge on any atom is -0.316 e. The van der Waals surface area contributed by atoms with Crippen molar-refractivity contribution in [3.8, 4) is 0 Å². The normalized spacial score (nSPS) is 39.8. The van der Waals surface area contributed by atoms with Crippen molar-refractivity contribution >= 4 is 15.9 Å². The highest BCUT2D eigenvalue weighted by Crippen LogP contribution is 2.13. The first-order chi connectivity index (χ1) is 3.79. The Morgan fingerprint density at radius 2 is 2.38 bits per heavy atom. The third-order valence-corrected chi connectivity index (χ3v) is 2.21. The Bertz CT molecular complexity index is 68.8. The van der Waals surface area contributed by atoms with E-state index in [4.69, 9.17) is 5.73 Å². The van der Waals surface area contributed by atoms with Gasteiger partial charge in [-0.05, 0) is 19.4 Å². The molecular formula is C5H11BrN2. The minimum absolute atomic E-state index is 0.216. The lowest BCUT2D eigenvalue weighted by atomic mass is 10.1. The average molecular weight is 179 g/mol. The molecule has 2 atom stereocenters. The summed E-state index contributed by atoms with van der Waals surface area (Å²) < 4.78 is 0. The third-order valence-electron chi connectivity index (χ3n) is 1.37. The van der Waals surface area contributed by atoms with Gasteiger partial charge in [-0.3, -0.25) is 0 Å². The summed E-state index contributed by atoms with van der Waals surface area (Å²) in [5, 5.41) is 3.16. The molecule has 0 radical (unpaired) electrons. The van der Waals surface area contributed by atoms with Gasteiger partial charge in [-0.15, -0.1) is 0 Å². The van der Waals surface area contributed by atoms with Gasteiger partial charge < -0.3 is 11.1 Å². The number of nitrogens with one attached hydrogen (secondary N) is 1. The molecule has 0 spiro atoms. The van der Waals surface area contributed by atoms with E-state index >= 15 is 0 Å². The minimum atomic E-state index is 0.216. The lowest BCUT2D eigenvalue weighted by Gasteiger charge is -2.23. The van der Waals surface area contributed by atoms with Crippen LogP contribution in [0.1, 0.15) is 12.8 Å². The molecule has 1 saturated heterocycles. The lowest BCUT2D eigenvalue weighted by molar-refractivity contribution is 0.423. The molecule has 8 heavy (non-hydrogen) atoms. The van der Waals surface area contributed by atoms with E-state index in [1.165, 1.54) is 6.42 Å². The number of rotatable bonds is 0. The second kappa shape index (κ2) is 2.80. The molecule has 2 unspecified atom stereocenters. The van der Waals surface area contributed by atoms with Gasteiger partial charge in [0.25, 0.3) is 0 Å². The van der Waals surface area contributed by atoms with Crippen LogP contribution in [0.25, 0.3) is 0 Å². The molecule has 0 amide bonds. The summed E-state index contributed by atoms with van der Waals surface area (Å²) in [7, 11) is 0. The Hall–Kier alpha value is 0.400. The van der Waals surface area contributed by atoms with Crippen molar-refractivity contribution in [1.29, 1.82) is 0 Å². The predicted molar refractivity (Wildman–Crippen MR) is 37.9 cm³/mol. The molecule has 2 nitrogen and oxygen atoms in total. The lowest BCUT2D eigenvalue weighted by Crippen LogP contribution is -2.44. The highest BCUT2D eigenvalue weighted by molar-refractivity contribution is 9.09. The van der Waals surface area contributed by atoms with Gasteiger partial charge in [0.1, 0.15) is 0 Å². The van der Waals surface area contributed by atoms with E-state index in [-0.39, 0.29) is 6.17 Å². The SMILES string of the molecule is NC1CC(Br)CCN1. The summed E-state index contributed by atoms with van der Waals surface area (Å²) in [6.45, 7) is 1.05. The number of hydrogen-bond acceptors (Lipinski definition) is 2. The van der Waals surface area contributed by atoms with Crippen molar-refractivity contribution in [3.05, 3.63) is 0 Å². The summed E-state index contributed by atoms with van der Waals surface area (Å²) in [4.78, 5) is 0.638. The summed E-state index contributed by atoms with van der Waals surface area (Å²) in [6, 6.07) is 0. The fourth-order valence-electron chi connectivity index (χ4n) is 0.902. The highest BCUT2D eigenvalue weighted by Gasteiger charge is 2.14. The van der Waals surface area contributed by atoms with Gasteiger partial charge in [-0.2, -0.15) is 0 Å². The fraction of sp³-hybridized carbons (Fsp3) is 1.00. The Morgan fingerprint density at radius 1 is 1.62 bits per heavy atom. The first-order valence-corrected chi connectivity index (χ1v) is 3.83. The third kappa shape index (κ3) is 1.73. The van der Waals surface area contributed by atoms with Crippen LogP contribution in [0.3, 0.4) is 0 Å². The van der Waals surface area contributed by atoms with E-state index in [0.29, 0.717) is 4.83 Å². The van der Waals surface area contributed by atoms with Crippen LogP contribution in [0, 0.1) is 0 Å². The summed E-state index contributed by atoms with van der Waals surface area (Å²) >= 11 is 3.51. The smallest absolute Gasteiger partial charge is 0.0557 e. The van der Waals surface area contributed by atoms with Crippen LogP contribution in [-0.4, -0.2) is 17.5 Å². The van der Waals surface area contributed by atoms with Gasteiger partial charge in [0.15, 0.2) is 0 Å². The zero-order chi connectivity index (χ0) is 5.98. The van der Waals surface area contributed by atoms with Crippen LogP contribution >= 0.6 is 15.9 Å². The largest absolute Gasteiger partial charge is 0.316 e. The second-order valence-corrected chi connectivity index (χ2v) is 3.48. The number of halogens is 1. The van der Waals surface area contributed by atoms with E-state index in [1.54, 1.807) is 0 Å². The van der Waals surface area contributed by atoms with Crippen molar-refractivity contribution in [3.63, 3.8) is 0 Å². The second-order valence-electron chi connectivity index (χ2n) is 2.18. The van der Waals surface area contributed by atoms with Crippen LogP contribution in [0.15, 0.2) is 0 Å². The van der Waals surface area contributed by atoms with Crippen LogP contribution in [0.4, 0.5) is 0 Å². The maximum Gasteiger partial charge on any atom is 0.0557 e. The quantitative estimate of drug-likeness (QED) is 0.529. The van der Waals surface area contributed by atoms with Crippen molar-refractivity contribution in [2.75, 3.05) is 6.54 Å². The molecule has 1 heterocycles. The average Bonchev–Trinajstić information content (AvgIpc) is 1.64. The molecule has 0 aliphatic carbocycles. The van der Waals surface area contributed by atoms with E-state index < -0.39 is 0 Å². The topological polar surface area (TPSA) is 38.0 Å². The van der Waals surface area contributed by atoms with Crippen LogP contribution < -0.4 is 11.1 Å². The maximum absolute atomic E-state index is 5.58. The van der Waals surface area contributed by atoms with Crippen molar-refractivity contribution in [2.24, 2.45) is 5.73 Å².